The molecule has 27 heavy (non-hydrogen) atoms. The second kappa shape index (κ2) is 9.34. The van der Waals surface area contributed by atoms with E-state index in [9.17, 15) is 0 Å². The third-order valence-electron chi connectivity index (χ3n) is 5.20. The first-order valence-corrected chi connectivity index (χ1v) is 9.40. The topological polar surface area (TPSA) is 88.5 Å². The Kier molecular flexibility index (Phi) is 6.86. The minimum absolute atomic E-state index is 0. The standard InChI is InChI=1S/C18H26N8.HI/c19-17(22-14-15-6-9-26(23-15)16-4-1-2-5-16)24-10-12-25(13-11-24)18-20-7-3-8-21-18;/h3,6-9,16H,1-2,4-5,10-14H2,(H2,19,22);1H. The molecule has 1 saturated heterocycles. The van der Waals surface area contributed by atoms with E-state index in [0.29, 0.717) is 18.5 Å². The van der Waals surface area contributed by atoms with Crippen molar-refractivity contribution in [3.8, 4) is 0 Å². The molecule has 2 aliphatic rings. The molecule has 1 aliphatic heterocycles. The lowest BCUT2D eigenvalue weighted by Gasteiger charge is -2.35. The zero-order valence-corrected chi connectivity index (χ0v) is 17.8. The zero-order valence-electron chi connectivity index (χ0n) is 15.4. The lowest BCUT2D eigenvalue weighted by Crippen LogP contribution is -2.51. The molecule has 2 aromatic heterocycles. The van der Waals surface area contributed by atoms with Crippen molar-refractivity contribution in [2.24, 2.45) is 10.7 Å². The number of hydrogen-bond donors (Lipinski definition) is 1. The van der Waals surface area contributed by atoms with Crippen LogP contribution in [0.25, 0.3) is 0 Å². The van der Waals surface area contributed by atoms with E-state index >= 15 is 0 Å². The lowest BCUT2D eigenvalue weighted by atomic mass is 10.3. The number of hydrogen-bond acceptors (Lipinski definition) is 5. The maximum absolute atomic E-state index is 6.20. The Morgan fingerprint density at radius 2 is 1.81 bits per heavy atom. The molecule has 0 spiro atoms. The first-order valence-electron chi connectivity index (χ1n) is 9.40. The van der Waals surface area contributed by atoms with Gasteiger partial charge in [-0.15, -0.1) is 24.0 Å². The first kappa shape index (κ1) is 19.8. The normalized spacial score (nSPS) is 18.6. The Labute approximate surface area is 176 Å². The fourth-order valence-electron chi connectivity index (χ4n) is 3.69. The van der Waals surface area contributed by atoms with Crippen molar-refractivity contribution in [2.75, 3.05) is 31.1 Å². The van der Waals surface area contributed by atoms with Crippen molar-refractivity contribution in [1.29, 1.82) is 0 Å². The number of halogens is 1. The van der Waals surface area contributed by atoms with Gasteiger partial charge in [0.15, 0.2) is 5.96 Å². The minimum Gasteiger partial charge on any atom is -0.370 e. The maximum atomic E-state index is 6.20. The van der Waals surface area contributed by atoms with Crippen LogP contribution < -0.4 is 10.6 Å². The molecule has 9 heteroatoms. The van der Waals surface area contributed by atoms with Crippen LogP contribution in [0.1, 0.15) is 37.4 Å². The maximum Gasteiger partial charge on any atom is 0.225 e. The molecule has 0 amide bonds. The third-order valence-corrected chi connectivity index (χ3v) is 5.20. The molecular formula is C18H27IN8. The van der Waals surface area contributed by atoms with E-state index in [1.54, 1.807) is 12.4 Å². The van der Waals surface area contributed by atoms with Crippen molar-refractivity contribution in [2.45, 2.75) is 38.3 Å². The molecule has 4 rings (SSSR count). The average molecular weight is 482 g/mol. The summed E-state index contributed by atoms with van der Waals surface area (Å²) in [5, 5.41) is 4.67. The SMILES string of the molecule is I.NC(=NCc1ccn(C2CCCC2)n1)N1CCN(c2ncccn2)CC1. The summed E-state index contributed by atoms with van der Waals surface area (Å²) in [4.78, 5) is 17.5. The van der Waals surface area contributed by atoms with Crippen molar-refractivity contribution < 1.29 is 0 Å². The molecule has 1 saturated carbocycles. The quantitative estimate of drug-likeness (QED) is 0.408. The number of nitrogens with two attached hydrogens (primary N) is 1. The predicted molar refractivity (Wildman–Crippen MR) is 116 cm³/mol. The van der Waals surface area contributed by atoms with Gasteiger partial charge in [-0.1, -0.05) is 12.8 Å². The molecule has 2 fully saturated rings. The summed E-state index contributed by atoms with van der Waals surface area (Å²) in [6, 6.07) is 4.46. The van der Waals surface area contributed by atoms with E-state index in [1.807, 2.05) is 6.07 Å². The van der Waals surface area contributed by atoms with Gasteiger partial charge in [0.25, 0.3) is 0 Å². The van der Waals surface area contributed by atoms with Gasteiger partial charge in [-0.25, -0.2) is 15.0 Å². The van der Waals surface area contributed by atoms with Crippen LogP contribution in [0.3, 0.4) is 0 Å². The molecule has 146 valence electrons. The zero-order chi connectivity index (χ0) is 17.8. The van der Waals surface area contributed by atoms with Crippen LogP contribution in [0.2, 0.25) is 0 Å². The van der Waals surface area contributed by atoms with Crippen LogP contribution in [0.4, 0.5) is 5.95 Å². The Morgan fingerprint density at radius 3 is 2.52 bits per heavy atom. The minimum atomic E-state index is 0. The van der Waals surface area contributed by atoms with Gasteiger partial charge in [-0.2, -0.15) is 5.10 Å². The van der Waals surface area contributed by atoms with Crippen molar-refractivity contribution >= 4 is 35.9 Å². The van der Waals surface area contributed by atoms with E-state index in [2.05, 4.69) is 46.8 Å². The Morgan fingerprint density at radius 1 is 1.11 bits per heavy atom. The number of anilines is 1. The van der Waals surface area contributed by atoms with Gasteiger partial charge >= 0.3 is 0 Å². The highest BCUT2D eigenvalue weighted by molar-refractivity contribution is 14.0. The summed E-state index contributed by atoms with van der Waals surface area (Å²) in [5.41, 5.74) is 7.18. The number of rotatable bonds is 4. The number of guanidine groups is 1. The molecule has 0 radical (unpaired) electrons. The van der Waals surface area contributed by atoms with E-state index in [0.717, 1.165) is 37.8 Å². The van der Waals surface area contributed by atoms with Gasteiger partial charge in [-0.3, -0.25) is 4.68 Å². The summed E-state index contributed by atoms with van der Waals surface area (Å²) < 4.78 is 2.10. The average Bonchev–Trinajstić information content (AvgIpc) is 3.38. The van der Waals surface area contributed by atoms with Gasteiger partial charge in [0.05, 0.1) is 18.3 Å². The van der Waals surface area contributed by atoms with E-state index in [-0.39, 0.29) is 24.0 Å². The van der Waals surface area contributed by atoms with Crippen LogP contribution in [-0.4, -0.2) is 56.8 Å². The lowest BCUT2D eigenvalue weighted by molar-refractivity contribution is 0.378. The van der Waals surface area contributed by atoms with Gasteiger partial charge in [-0.05, 0) is 25.0 Å². The largest absolute Gasteiger partial charge is 0.370 e. The summed E-state index contributed by atoms with van der Waals surface area (Å²) in [5.74, 6) is 1.37. The van der Waals surface area contributed by atoms with Crippen LogP contribution in [0.15, 0.2) is 35.7 Å². The van der Waals surface area contributed by atoms with Gasteiger partial charge in [0.1, 0.15) is 0 Å². The van der Waals surface area contributed by atoms with Gasteiger partial charge in [0, 0.05) is 44.8 Å². The highest BCUT2D eigenvalue weighted by Crippen LogP contribution is 2.28. The fourth-order valence-corrected chi connectivity index (χ4v) is 3.69. The first-order chi connectivity index (χ1) is 12.8. The number of piperazine rings is 1. The summed E-state index contributed by atoms with van der Waals surface area (Å²) >= 11 is 0. The molecule has 1 aliphatic carbocycles. The molecule has 3 heterocycles. The van der Waals surface area contributed by atoms with Crippen molar-refractivity contribution in [1.82, 2.24) is 24.6 Å². The Balaban J connectivity index is 0.00000210. The smallest absolute Gasteiger partial charge is 0.225 e. The summed E-state index contributed by atoms with van der Waals surface area (Å²) in [6.07, 6.45) is 10.7. The third kappa shape index (κ3) is 4.88. The summed E-state index contributed by atoms with van der Waals surface area (Å²) in [7, 11) is 0. The van der Waals surface area contributed by atoms with Crippen molar-refractivity contribution in [3.63, 3.8) is 0 Å². The van der Waals surface area contributed by atoms with E-state index in [1.165, 1.54) is 25.7 Å². The van der Waals surface area contributed by atoms with Crippen LogP contribution >= 0.6 is 24.0 Å². The second-order valence-corrected chi connectivity index (χ2v) is 6.92. The van der Waals surface area contributed by atoms with Crippen LogP contribution in [0, 0.1) is 0 Å². The monoisotopic (exact) mass is 482 g/mol. The van der Waals surface area contributed by atoms with E-state index < -0.39 is 0 Å². The van der Waals surface area contributed by atoms with Gasteiger partial charge in [0.2, 0.25) is 5.95 Å². The van der Waals surface area contributed by atoms with Crippen molar-refractivity contribution in [3.05, 3.63) is 36.4 Å². The molecule has 0 bridgehead atoms. The molecule has 8 nitrogen and oxygen atoms in total. The van der Waals surface area contributed by atoms with E-state index in [4.69, 9.17) is 5.73 Å². The molecule has 0 atom stereocenters. The molecule has 0 unspecified atom stereocenters. The van der Waals surface area contributed by atoms with Crippen LogP contribution in [0.5, 0.6) is 0 Å². The molecular weight excluding hydrogens is 455 g/mol. The number of nitrogens with zero attached hydrogens (tertiary/aromatic N) is 7. The Hall–Kier alpha value is -1.91. The Bertz CT molecular complexity index is 733. The summed E-state index contributed by atoms with van der Waals surface area (Å²) in [6.45, 7) is 3.87. The molecule has 2 N–H and O–H groups in total. The predicted octanol–water partition coefficient (Wildman–Crippen LogP) is 2.04. The number of aromatic nitrogens is 4. The van der Waals surface area contributed by atoms with Gasteiger partial charge < -0.3 is 15.5 Å². The molecule has 2 aromatic rings. The fraction of sp³-hybridized carbons (Fsp3) is 0.556. The second-order valence-electron chi connectivity index (χ2n) is 6.92. The highest BCUT2D eigenvalue weighted by Gasteiger charge is 2.20. The molecule has 0 aromatic carbocycles. The van der Waals surface area contributed by atoms with Crippen LogP contribution in [-0.2, 0) is 6.54 Å². The number of aliphatic imine (C=N–C) groups is 1. The highest BCUT2D eigenvalue weighted by atomic mass is 127.